The van der Waals surface area contributed by atoms with Crippen molar-refractivity contribution < 1.29 is 0 Å². The zero-order chi connectivity index (χ0) is 29.9. The van der Waals surface area contributed by atoms with Crippen molar-refractivity contribution in [3.05, 3.63) is 157 Å². The molecule has 0 aliphatic heterocycles. The van der Waals surface area contributed by atoms with Crippen LogP contribution < -0.4 is 0 Å². The number of benzene rings is 9. The SMILES string of the molecule is CC1(C)c2cc(-c3cccc4cc(-c5ccc6ccc7cccc8ccc5c6c78)ccc34)ccc2-c2cc3ccccc3cc21. The predicted molar refractivity (Wildman–Crippen MR) is 194 cm³/mol. The second-order valence-electron chi connectivity index (χ2n) is 13.3. The van der Waals surface area contributed by atoms with Crippen LogP contribution in [0.1, 0.15) is 25.0 Å². The third kappa shape index (κ3) is 3.43. The molecule has 0 amide bonds. The second-order valence-corrected chi connectivity index (χ2v) is 13.3. The summed E-state index contributed by atoms with van der Waals surface area (Å²) in [5, 5.41) is 13.1. The molecule has 0 radical (unpaired) electrons. The fraction of sp³-hybridized carbons (Fsp3) is 0.0667. The lowest BCUT2D eigenvalue weighted by molar-refractivity contribution is 0.661. The molecule has 0 nitrogen and oxygen atoms in total. The number of rotatable bonds is 2. The fourth-order valence-electron chi connectivity index (χ4n) is 8.28. The van der Waals surface area contributed by atoms with Crippen molar-refractivity contribution >= 4 is 53.9 Å². The van der Waals surface area contributed by atoms with E-state index in [1.54, 1.807) is 0 Å². The molecule has 0 atom stereocenters. The number of fused-ring (bicyclic) bond motifs is 5. The van der Waals surface area contributed by atoms with Gasteiger partial charge >= 0.3 is 0 Å². The number of hydrogen-bond acceptors (Lipinski definition) is 0. The highest BCUT2D eigenvalue weighted by Crippen LogP contribution is 2.51. The summed E-state index contributed by atoms with van der Waals surface area (Å²) in [6, 6.07) is 54.7. The van der Waals surface area contributed by atoms with E-state index in [1.165, 1.54) is 98.4 Å². The molecule has 1 aliphatic rings. The van der Waals surface area contributed by atoms with Gasteiger partial charge in [-0.2, -0.15) is 0 Å². The maximum Gasteiger partial charge on any atom is 0.0159 e. The molecule has 0 fully saturated rings. The van der Waals surface area contributed by atoms with E-state index in [1.807, 2.05) is 0 Å². The van der Waals surface area contributed by atoms with Gasteiger partial charge in [0.05, 0.1) is 0 Å². The average Bonchev–Trinajstić information content (AvgIpc) is 3.30. The van der Waals surface area contributed by atoms with Crippen LogP contribution in [0, 0.1) is 0 Å². The monoisotopic (exact) mass is 570 g/mol. The summed E-state index contributed by atoms with van der Waals surface area (Å²) in [4.78, 5) is 0. The van der Waals surface area contributed by atoms with Crippen molar-refractivity contribution in [2.75, 3.05) is 0 Å². The lowest BCUT2D eigenvalue weighted by Crippen LogP contribution is -2.15. The van der Waals surface area contributed by atoms with Crippen molar-refractivity contribution in [2.45, 2.75) is 19.3 Å². The molecule has 0 heteroatoms. The van der Waals surface area contributed by atoms with Gasteiger partial charge in [-0.05, 0) is 123 Å². The topological polar surface area (TPSA) is 0 Å². The van der Waals surface area contributed by atoms with Crippen molar-refractivity contribution in [2.24, 2.45) is 0 Å². The summed E-state index contributed by atoms with van der Waals surface area (Å²) in [7, 11) is 0. The molecule has 0 heterocycles. The summed E-state index contributed by atoms with van der Waals surface area (Å²) >= 11 is 0. The summed E-state index contributed by atoms with van der Waals surface area (Å²) in [6.45, 7) is 4.75. The summed E-state index contributed by atoms with van der Waals surface area (Å²) in [5.74, 6) is 0. The first-order chi connectivity index (χ1) is 22.0. The highest BCUT2D eigenvalue weighted by molar-refractivity contribution is 6.25. The fourth-order valence-corrected chi connectivity index (χ4v) is 8.28. The van der Waals surface area contributed by atoms with Gasteiger partial charge in [0.2, 0.25) is 0 Å². The van der Waals surface area contributed by atoms with Crippen LogP contribution in [0.15, 0.2) is 146 Å². The second kappa shape index (κ2) is 8.80. The summed E-state index contributed by atoms with van der Waals surface area (Å²) in [6.07, 6.45) is 0. The highest BCUT2D eigenvalue weighted by Gasteiger charge is 2.36. The minimum absolute atomic E-state index is 0.0581. The molecule has 1 aliphatic carbocycles. The van der Waals surface area contributed by atoms with Crippen LogP contribution in [0.2, 0.25) is 0 Å². The molecule has 9 aromatic rings. The van der Waals surface area contributed by atoms with Gasteiger partial charge in [-0.3, -0.25) is 0 Å². The Labute approximate surface area is 262 Å². The third-order valence-electron chi connectivity index (χ3n) is 10.6. The standard InChI is InChI=1S/C45H30/c1-45(2)41-26-34(18-21-38(41)40-24-30-7-3-4-8-31(30)25-42(40)45)35-12-6-11-32-23-33(17-20-36(32)35)37-19-15-29-14-13-27-9-5-10-28-16-22-39(37)44(29)43(27)28/h3-26H,1-2H3. The molecule has 0 bridgehead atoms. The maximum atomic E-state index is 2.45. The van der Waals surface area contributed by atoms with E-state index in [0.717, 1.165) is 0 Å². The Morgan fingerprint density at radius 1 is 0.333 bits per heavy atom. The van der Waals surface area contributed by atoms with Gasteiger partial charge in [-0.1, -0.05) is 135 Å². The summed E-state index contributed by atoms with van der Waals surface area (Å²) < 4.78 is 0. The molecule has 0 N–H and O–H groups in total. The molecular weight excluding hydrogens is 540 g/mol. The lowest BCUT2D eigenvalue weighted by Gasteiger charge is -2.22. The Hall–Kier alpha value is -5.46. The van der Waals surface area contributed by atoms with Crippen LogP contribution in [0.25, 0.3) is 87.2 Å². The Morgan fingerprint density at radius 2 is 0.889 bits per heavy atom. The molecular formula is C45H30. The molecule has 10 rings (SSSR count). The van der Waals surface area contributed by atoms with E-state index in [0.29, 0.717) is 0 Å². The molecule has 0 aromatic heterocycles. The van der Waals surface area contributed by atoms with Crippen LogP contribution in [0.3, 0.4) is 0 Å². The Bertz CT molecular complexity index is 2650. The third-order valence-corrected chi connectivity index (χ3v) is 10.6. The lowest BCUT2D eigenvalue weighted by atomic mass is 9.81. The van der Waals surface area contributed by atoms with E-state index in [-0.39, 0.29) is 5.41 Å². The van der Waals surface area contributed by atoms with Gasteiger partial charge in [-0.15, -0.1) is 0 Å². The van der Waals surface area contributed by atoms with E-state index in [9.17, 15) is 0 Å². The van der Waals surface area contributed by atoms with Crippen LogP contribution in [0.4, 0.5) is 0 Å². The molecule has 210 valence electrons. The summed E-state index contributed by atoms with van der Waals surface area (Å²) in [5.41, 5.74) is 10.6. The van der Waals surface area contributed by atoms with Crippen LogP contribution in [-0.2, 0) is 5.41 Å². The van der Waals surface area contributed by atoms with Crippen LogP contribution in [0.5, 0.6) is 0 Å². The Morgan fingerprint density at radius 3 is 1.73 bits per heavy atom. The average molecular weight is 571 g/mol. The van der Waals surface area contributed by atoms with Crippen LogP contribution in [-0.4, -0.2) is 0 Å². The smallest absolute Gasteiger partial charge is 0.0159 e. The van der Waals surface area contributed by atoms with Gasteiger partial charge in [0, 0.05) is 5.41 Å². The molecule has 0 saturated carbocycles. The van der Waals surface area contributed by atoms with E-state index in [4.69, 9.17) is 0 Å². The molecule has 0 spiro atoms. The molecule has 0 unspecified atom stereocenters. The first-order valence-electron chi connectivity index (χ1n) is 15.9. The zero-order valence-electron chi connectivity index (χ0n) is 25.4. The minimum Gasteiger partial charge on any atom is -0.0616 e. The minimum atomic E-state index is -0.0581. The Balaban J connectivity index is 1.11. The van der Waals surface area contributed by atoms with Crippen LogP contribution >= 0.6 is 0 Å². The van der Waals surface area contributed by atoms with Crippen molar-refractivity contribution in [3.8, 4) is 33.4 Å². The van der Waals surface area contributed by atoms with E-state index in [2.05, 4.69) is 159 Å². The van der Waals surface area contributed by atoms with Crippen molar-refractivity contribution in [1.82, 2.24) is 0 Å². The van der Waals surface area contributed by atoms with Gasteiger partial charge < -0.3 is 0 Å². The van der Waals surface area contributed by atoms with Crippen molar-refractivity contribution in [3.63, 3.8) is 0 Å². The van der Waals surface area contributed by atoms with Gasteiger partial charge in [0.15, 0.2) is 0 Å². The highest BCUT2D eigenvalue weighted by atomic mass is 14.4. The van der Waals surface area contributed by atoms with E-state index >= 15 is 0 Å². The Kier molecular flexibility index (Phi) is 4.88. The maximum absolute atomic E-state index is 2.45. The van der Waals surface area contributed by atoms with E-state index < -0.39 is 0 Å². The first kappa shape index (κ1) is 24.9. The largest absolute Gasteiger partial charge is 0.0616 e. The van der Waals surface area contributed by atoms with Gasteiger partial charge in [0.1, 0.15) is 0 Å². The predicted octanol–water partition coefficient (Wildman–Crippen LogP) is 12.5. The normalized spacial score (nSPS) is 13.7. The first-order valence-corrected chi connectivity index (χ1v) is 15.9. The zero-order valence-corrected chi connectivity index (χ0v) is 25.4. The molecule has 45 heavy (non-hydrogen) atoms. The van der Waals surface area contributed by atoms with Gasteiger partial charge in [-0.25, -0.2) is 0 Å². The molecule has 0 saturated heterocycles. The molecule has 9 aromatic carbocycles. The van der Waals surface area contributed by atoms with Gasteiger partial charge in [0.25, 0.3) is 0 Å². The quantitative estimate of drug-likeness (QED) is 0.181. The number of hydrogen-bond donors (Lipinski definition) is 0. The van der Waals surface area contributed by atoms with Crippen molar-refractivity contribution in [1.29, 1.82) is 0 Å².